The van der Waals surface area contributed by atoms with Gasteiger partial charge in [0.2, 0.25) is 0 Å². The average molecular weight is 315 g/mol. The molecule has 0 unspecified atom stereocenters. The predicted octanol–water partition coefficient (Wildman–Crippen LogP) is 4.26. The molecule has 0 bridgehead atoms. The maximum Gasteiger partial charge on any atom is 0.156 e. The number of benzene rings is 1. The number of hydrogen-bond donors (Lipinski definition) is 1. The lowest BCUT2D eigenvalue weighted by Gasteiger charge is -2.09. The van der Waals surface area contributed by atoms with Crippen molar-refractivity contribution in [3.05, 3.63) is 47.0 Å². The van der Waals surface area contributed by atoms with E-state index in [-0.39, 0.29) is 0 Å². The molecule has 0 amide bonds. The van der Waals surface area contributed by atoms with E-state index in [1.54, 1.807) is 23.1 Å². The number of pyridine rings is 1. The fraction of sp³-hybridized carbons (Fsp3) is 0.250. The van der Waals surface area contributed by atoms with E-state index in [1.165, 1.54) is 10.9 Å². The van der Waals surface area contributed by atoms with Gasteiger partial charge in [-0.15, -0.1) is 11.3 Å². The molecule has 3 aromatic rings. The highest BCUT2D eigenvalue weighted by Gasteiger charge is 2.10. The van der Waals surface area contributed by atoms with Crippen LogP contribution >= 0.6 is 23.1 Å². The van der Waals surface area contributed by atoms with E-state index in [1.807, 2.05) is 13.0 Å². The van der Waals surface area contributed by atoms with Crippen LogP contribution in [0, 0.1) is 6.92 Å². The summed E-state index contributed by atoms with van der Waals surface area (Å²) in [6.07, 6.45) is 0. The maximum absolute atomic E-state index is 4.82. The largest absolute Gasteiger partial charge is 0.313 e. The molecule has 2 heterocycles. The van der Waals surface area contributed by atoms with E-state index in [9.17, 15) is 0 Å². The molecule has 0 aliphatic rings. The first-order valence-electron chi connectivity index (χ1n) is 6.95. The maximum atomic E-state index is 4.82. The third kappa shape index (κ3) is 3.43. The number of aromatic nitrogens is 2. The van der Waals surface area contributed by atoms with Gasteiger partial charge >= 0.3 is 0 Å². The molecule has 0 spiro atoms. The second kappa shape index (κ2) is 6.56. The summed E-state index contributed by atoms with van der Waals surface area (Å²) in [7, 11) is 0. The highest BCUT2D eigenvalue weighted by molar-refractivity contribution is 8.01. The van der Waals surface area contributed by atoms with Crippen molar-refractivity contribution in [3.8, 4) is 0 Å². The molecule has 0 saturated heterocycles. The third-order valence-corrected chi connectivity index (χ3v) is 5.21. The Kier molecular flexibility index (Phi) is 4.53. The first kappa shape index (κ1) is 14.5. The van der Waals surface area contributed by atoms with Crippen LogP contribution in [0.15, 0.2) is 45.1 Å². The van der Waals surface area contributed by atoms with Gasteiger partial charge in [-0.1, -0.05) is 25.1 Å². The van der Waals surface area contributed by atoms with Gasteiger partial charge in [-0.25, -0.2) is 9.97 Å². The van der Waals surface area contributed by atoms with Gasteiger partial charge in [0.25, 0.3) is 0 Å². The van der Waals surface area contributed by atoms with Crippen molar-refractivity contribution in [1.29, 1.82) is 0 Å². The third-order valence-electron chi connectivity index (χ3n) is 3.11. The Labute approximate surface area is 132 Å². The normalized spacial score (nSPS) is 11.1. The molecule has 3 rings (SSSR count). The van der Waals surface area contributed by atoms with Gasteiger partial charge in [-0.05, 0) is 42.9 Å². The highest BCUT2D eigenvalue weighted by Crippen LogP contribution is 2.32. The lowest BCUT2D eigenvalue weighted by Crippen LogP contribution is -2.13. The second-order valence-electron chi connectivity index (χ2n) is 4.78. The smallest absolute Gasteiger partial charge is 0.156 e. The summed E-state index contributed by atoms with van der Waals surface area (Å²) in [5.41, 5.74) is 3.33. The standard InChI is InChI=1S/C16H17N3S2/c1-3-17-9-13-8-12-6-4-5-7-14(12)19-15(13)21-16-18-11(2)10-20-16/h4-8,10,17H,3,9H2,1-2H3. The van der Waals surface area contributed by atoms with Crippen molar-refractivity contribution < 1.29 is 0 Å². The zero-order valence-electron chi connectivity index (χ0n) is 12.1. The number of hydrogen-bond acceptors (Lipinski definition) is 5. The molecule has 108 valence electrons. The SMILES string of the molecule is CCNCc1cc2ccccc2nc1Sc1nc(C)cs1. The van der Waals surface area contributed by atoms with Crippen molar-refractivity contribution in [2.24, 2.45) is 0 Å². The van der Waals surface area contributed by atoms with Gasteiger partial charge in [0, 0.05) is 23.0 Å². The molecule has 0 aliphatic carbocycles. The van der Waals surface area contributed by atoms with Gasteiger partial charge in [0.1, 0.15) is 5.03 Å². The van der Waals surface area contributed by atoms with E-state index in [4.69, 9.17) is 4.98 Å². The van der Waals surface area contributed by atoms with Crippen LogP contribution in [0.5, 0.6) is 0 Å². The van der Waals surface area contributed by atoms with Crippen LogP contribution in [0.3, 0.4) is 0 Å². The average Bonchev–Trinajstić information content (AvgIpc) is 2.90. The summed E-state index contributed by atoms with van der Waals surface area (Å²) in [4.78, 5) is 9.35. The van der Waals surface area contributed by atoms with E-state index in [0.29, 0.717) is 0 Å². The topological polar surface area (TPSA) is 37.8 Å². The molecule has 21 heavy (non-hydrogen) atoms. The van der Waals surface area contributed by atoms with Crippen LogP contribution in [0.4, 0.5) is 0 Å². The molecule has 1 N–H and O–H groups in total. The summed E-state index contributed by atoms with van der Waals surface area (Å²) in [6, 6.07) is 10.5. The zero-order chi connectivity index (χ0) is 14.7. The summed E-state index contributed by atoms with van der Waals surface area (Å²) in [5, 5.41) is 7.70. The lowest BCUT2D eigenvalue weighted by atomic mass is 10.1. The lowest BCUT2D eigenvalue weighted by molar-refractivity contribution is 0.713. The van der Waals surface area contributed by atoms with E-state index in [0.717, 1.165) is 33.7 Å². The second-order valence-corrected chi connectivity index (χ2v) is 6.88. The molecule has 0 atom stereocenters. The van der Waals surface area contributed by atoms with Crippen molar-refractivity contribution in [2.45, 2.75) is 29.8 Å². The van der Waals surface area contributed by atoms with Crippen LogP contribution < -0.4 is 5.32 Å². The number of thiazole rings is 1. The molecular formula is C16H17N3S2. The molecule has 0 radical (unpaired) electrons. The summed E-state index contributed by atoms with van der Waals surface area (Å²) in [6.45, 7) is 5.92. The molecular weight excluding hydrogens is 298 g/mol. The minimum absolute atomic E-state index is 0.834. The minimum atomic E-state index is 0.834. The Morgan fingerprint density at radius 2 is 2.10 bits per heavy atom. The fourth-order valence-corrected chi connectivity index (χ4v) is 3.93. The van der Waals surface area contributed by atoms with Crippen LogP contribution in [0.25, 0.3) is 10.9 Å². The number of rotatable bonds is 5. The Morgan fingerprint density at radius 3 is 2.86 bits per heavy atom. The molecule has 0 fully saturated rings. The Morgan fingerprint density at radius 1 is 1.24 bits per heavy atom. The first-order valence-corrected chi connectivity index (χ1v) is 8.65. The van der Waals surface area contributed by atoms with Gasteiger partial charge in [-0.2, -0.15) is 0 Å². The molecule has 1 aromatic carbocycles. The van der Waals surface area contributed by atoms with Crippen molar-refractivity contribution >= 4 is 34.0 Å². The Hall–Kier alpha value is -1.43. The molecule has 0 aliphatic heterocycles. The Balaban J connectivity index is 2.00. The van der Waals surface area contributed by atoms with Crippen LogP contribution in [0.2, 0.25) is 0 Å². The number of nitrogens with one attached hydrogen (secondary N) is 1. The van der Waals surface area contributed by atoms with Crippen LogP contribution in [-0.4, -0.2) is 16.5 Å². The number of para-hydroxylation sites is 1. The van der Waals surface area contributed by atoms with Crippen molar-refractivity contribution in [2.75, 3.05) is 6.54 Å². The first-order chi connectivity index (χ1) is 10.3. The molecule has 0 saturated carbocycles. The van der Waals surface area contributed by atoms with Crippen molar-refractivity contribution in [1.82, 2.24) is 15.3 Å². The fourth-order valence-electron chi connectivity index (χ4n) is 2.08. The van der Waals surface area contributed by atoms with Gasteiger partial charge in [-0.3, -0.25) is 0 Å². The van der Waals surface area contributed by atoms with Crippen LogP contribution in [0.1, 0.15) is 18.2 Å². The Bertz CT molecular complexity index is 752. The minimum Gasteiger partial charge on any atom is -0.313 e. The summed E-state index contributed by atoms with van der Waals surface area (Å²) in [5.74, 6) is 0. The van der Waals surface area contributed by atoms with Gasteiger partial charge < -0.3 is 5.32 Å². The zero-order valence-corrected chi connectivity index (χ0v) is 13.7. The summed E-state index contributed by atoms with van der Waals surface area (Å²) >= 11 is 3.33. The van der Waals surface area contributed by atoms with Gasteiger partial charge in [0.05, 0.1) is 5.52 Å². The predicted molar refractivity (Wildman–Crippen MR) is 90.1 cm³/mol. The number of nitrogens with zero attached hydrogens (tertiary/aromatic N) is 2. The number of aryl methyl sites for hydroxylation is 1. The van der Waals surface area contributed by atoms with Crippen LogP contribution in [-0.2, 0) is 6.54 Å². The monoisotopic (exact) mass is 315 g/mol. The van der Waals surface area contributed by atoms with E-state index in [2.05, 4.69) is 46.9 Å². The van der Waals surface area contributed by atoms with E-state index >= 15 is 0 Å². The number of fused-ring (bicyclic) bond motifs is 1. The van der Waals surface area contributed by atoms with Crippen molar-refractivity contribution in [3.63, 3.8) is 0 Å². The molecule has 2 aromatic heterocycles. The van der Waals surface area contributed by atoms with E-state index < -0.39 is 0 Å². The highest BCUT2D eigenvalue weighted by atomic mass is 32.2. The summed E-state index contributed by atoms with van der Waals surface area (Å²) < 4.78 is 1.05. The quantitative estimate of drug-likeness (QED) is 0.763. The molecule has 3 nitrogen and oxygen atoms in total. The van der Waals surface area contributed by atoms with Gasteiger partial charge in [0.15, 0.2) is 4.34 Å². The molecule has 5 heteroatoms.